The molecule has 0 aliphatic carbocycles. The molecule has 0 bridgehead atoms. The average molecular weight is 199 g/mol. The van der Waals surface area contributed by atoms with Crippen molar-refractivity contribution in [1.82, 2.24) is 0 Å². The summed E-state index contributed by atoms with van der Waals surface area (Å²) in [6.07, 6.45) is 0.898. The minimum Gasteiger partial charge on any atom is -0.493 e. The first-order chi connectivity index (χ1) is 6.25. The van der Waals surface area contributed by atoms with Crippen LogP contribution < -0.4 is 4.74 Å². The molecule has 0 aliphatic heterocycles. The van der Waals surface area contributed by atoms with E-state index in [4.69, 9.17) is 16.3 Å². The molecule has 0 saturated carbocycles. The Labute approximate surface area is 84.7 Å². The van der Waals surface area contributed by atoms with Crippen LogP contribution in [0.5, 0.6) is 5.75 Å². The second-order valence-electron chi connectivity index (χ2n) is 3.11. The highest BCUT2D eigenvalue weighted by Gasteiger charge is 2.01. The van der Waals surface area contributed by atoms with E-state index >= 15 is 0 Å². The van der Waals surface area contributed by atoms with Gasteiger partial charge in [0.2, 0.25) is 0 Å². The summed E-state index contributed by atoms with van der Waals surface area (Å²) in [5.74, 6) is 1.66. The largest absolute Gasteiger partial charge is 0.493 e. The maximum absolute atomic E-state index is 5.62. The van der Waals surface area contributed by atoms with Gasteiger partial charge in [-0.05, 0) is 31.4 Å². The van der Waals surface area contributed by atoms with E-state index < -0.39 is 0 Å². The highest BCUT2D eigenvalue weighted by molar-refractivity contribution is 6.17. The fourth-order valence-electron chi connectivity index (χ4n) is 1.26. The Morgan fingerprint density at radius 2 is 1.85 bits per heavy atom. The summed E-state index contributed by atoms with van der Waals surface area (Å²) in [6.45, 7) is 4.82. The monoisotopic (exact) mass is 198 g/mol. The van der Waals surface area contributed by atoms with Crippen LogP contribution in [-0.2, 0) is 0 Å². The van der Waals surface area contributed by atoms with Crippen molar-refractivity contribution in [1.29, 1.82) is 0 Å². The van der Waals surface area contributed by atoms with Crippen molar-refractivity contribution >= 4 is 11.6 Å². The normalized spacial score (nSPS) is 10.1. The van der Waals surface area contributed by atoms with Gasteiger partial charge in [-0.1, -0.05) is 18.2 Å². The molecule has 72 valence electrons. The second-order valence-corrected chi connectivity index (χ2v) is 3.49. The molecule has 0 amide bonds. The molecule has 13 heavy (non-hydrogen) atoms. The third-order valence-electron chi connectivity index (χ3n) is 1.93. The van der Waals surface area contributed by atoms with E-state index in [9.17, 15) is 0 Å². The average Bonchev–Trinajstić information content (AvgIpc) is 2.10. The zero-order chi connectivity index (χ0) is 9.68. The van der Waals surface area contributed by atoms with Crippen LogP contribution in [0.1, 0.15) is 17.5 Å². The molecular weight excluding hydrogens is 184 g/mol. The lowest BCUT2D eigenvalue weighted by molar-refractivity contribution is 0.314. The number of ether oxygens (including phenoxy) is 1. The number of hydrogen-bond acceptors (Lipinski definition) is 1. The van der Waals surface area contributed by atoms with Crippen LogP contribution >= 0.6 is 11.6 Å². The van der Waals surface area contributed by atoms with Gasteiger partial charge in [-0.2, -0.15) is 0 Å². The molecule has 2 heteroatoms. The first-order valence-electron chi connectivity index (χ1n) is 4.50. The fourth-order valence-corrected chi connectivity index (χ4v) is 1.36. The van der Waals surface area contributed by atoms with Crippen LogP contribution in [0.3, 0.4) is 0 Å². The minimum atomic E-state index is 0.658. The Kier molecular flexibility index (Phi) is 4.10. The Morgan fingerprint density at radius 3 is 2.38 bits per heavy atom. The standard InChI is InChI=1S/C11H15ClO/c1-9-5-3-6-10(2)11(9)13-8-4-7-12/h3,5-6H,4,7-8H2,1-2H3. The lowest BCUT2D eigenvalue weighted by atomic mass is 10.1. The van der Waals surface area contributed by atoms with Gasteiger partial charge < -0.3 is 4.74 Å². The van der Waals surface area contributed by atoms with Gasteiger partial charge in [0.15, 0.2) is 0 Å². The summed E-state index contributed by atoms with van der Waals surface area (Å²) in [5, 5.41) is 0. The first-order valence-corrected chi connectivity index (χ1v) is 5.04. The van der Waals surface area contributed by atoms with Crippen LogP contribution in [-0.4, -0.2) is 12.5 Å². The first kappa shape index (κ1) is 10.4. The smallest absolute Gasteiger partial charge is 0.125 e. The lowest BCUT2D eigenvalue weighted by Crippen LogP contribution is -2.00. The Balaban J connectivity index is 2.64. The summed E-state index contributed by atoms with van der Waals surface area (Å²) in [7, 11) is 0. The van der Waals surface area contributed by atoms with Crippen LogP contribution in [0.4, 0.5) is 0 Å². The highest BCUT2D eigenvalue weighted by atomic mass is 35.5. The third kappa shape index (κ3) is 2.92. The van der Waals surface area contributed by atoms with Crippen molar-refractivity contribution in [3.8, 4) is 5.75 Å². The van der Waals surface area contributed by atoms with Crippen molar-refractivity contribution in [2.24, 2.45) is 0 Å². The predicted molar refractivity (Wildman–Crippen MR) is 56.7 cm³/mol. The molecule has 0 aliphatic rings. The molecule has 0 radical (unpaired) electrons. The van der Waals surface area contributed by atoms with E-state index in [0.717, 1.165) is 12.2 Å². The molecule has 0 saturated heterocycles. The molecule has 0 aromatic heterocycles. The quantitative estimate of drug-likeness (QED) is 0.533. The van der Waals surface area contributed by atoms with Crippen LogP contribution in [0.15, 0.2) is 18.2 Å². The number of hydrogen-bond donors (Lipinski definition) is 0. The third-order valence-corrected chi connectivity index (χ3v) is 2.20. The van der Waals surface area contributed by atoms with E-state index in [1.807, 2.05) is 6.07 Å². The maximum atomic E-state index is 5.62. The molecule has 0 fully saturated rings. The topological polar surface area (TPSA) is 9.23 Å². The number of aryl methyl sites for hydroxylation is 2. The number of benzene rings is 1. The summed E-state index contributed by atoms with van der Waals surface area (Å²) in [5.41, 5.74) is 2.38. The Bertz CT molecular complexity index is 251. The SMILES string of the molecule is Cc1cccc(C)c1OCCCCl. The number of halogens is 1. The van der Waals surface area contributed by atoms with E-state index in [1.165, 1.54) is 11.1 Å². The molecule has 0 spiro atoms. The van der Waals surface area contributed by atoms with Crippen LogP contribution in [0, 0.1) is 13.8 Å². The van der Waals surface area contributed by atoms with Gasteiger partial charge in [-0.25, -0.2) is 0 Å². The van der Waals surface area contributed by atoms with Crippen molar-refractivity contribution in [2.45, 2.75) is 20.3 Å². The number of alkyl halides is 1. The highest BCUT2D eigenvalue weighted by Crippen LogP contribution is 2.22. The zero-order valence-corrected chi connectivity index (χ0v) is 8.90. The van der Waals surface area contributed by atoms with Gasteiger partial charge >= 0.3 is 0 Å². The summed E-state index contributed by atoms with van der Waals surface area (Å²) in [6, 6.07) is 6.16. The van der Waals surface area contributed by atoms with Gasteiger partial charge in [0.1, 0.15) is 5.75 Å². The van der Waals surface area contributed by atoms with Crippen molar-refractivity contribution in [2.75, 3.05) is 12.5 Å². The predicted octanol–water partition coefficient (Wildman–Crippen LogP) is 3.31. The van der Waals surface area contributed by atoms with Gasteiger partial charge in [-0.3, -0.25) is 0 Å². The van der Waals surface area contributed by atoms with Gasteiger partial charge in [0, 0.05) is 5.88 Å². The fraction of sp³-hybridized carbons (Fsp3) is 0.455. The molecular formula is C11H15ClO. The van der Waals surface area contributed by atoms with Gasteiger partial charge in [0.05, 0.1) is 6.61 Å². The van der Waals surface area contributed by atoms with Gasteiger partial charge in [-0.15, -0.1) is 11.6 Å². The summed E-state index contributed by atoms with van der Waals surface area (Å²) < 4.78 is 5.62. The summed E-state index contributed by atoms with van der Waals surface area (Å²) in [4.78, 5) is 0. The molecule has 0 unspecified atom stereocenters. The van der Waals surface area contributed by atoms with E-state index in [2.05, 4.69) is 26.0 Å². The molecule has 0 heterocycles. The maximum Gasteiger partial charge on any atom is 0.125 e. The molecule has 0 atom stereocenters. The molecule has 0 N–H and O–H groups in total. The number of rotatable bonds is 4. The Hall–Kier alpha value is -0.690. The molecule has 1 aromatic carbocycles. The van der Waals surface area contributed by atoms with Crippen LogP contribution in [0.2, 0.25) is 0 Å². The van der Waals surface area contributed by atoms with E-state index in [-0.39, 0.29) is 0 Å². The number of para-hydroxylation sites is 1. The van der Waals surface area contributed by atoms with E-state index in [0.29, 0.717) is 12.5 Å². The second kappa shape index (κ2) is 5.13. The summed E-state index contributed by atoms with van der Waals surface area (Å²) >= 11 is 5.57. The van der Waals surface area contributed by atoms with Crippen molar-refractivity contribution in [3.63, 3.8) is 0 Å². The molecule has 1 nitrogen and oxygen atoms in total. The Morgan fingerprint density at radius 1 is 1.23 bits per heavy atom. The van der Waals surface area contributed by atoms with Crippen molar-refractivity contribution < 1.29 is 4.74 Å². The lowest BCUT2D eigenvalue weighted by Gasteiger charge is -2.10. The van der Waals surface area contributed by atoms with Crippen LogP contribution in [0.25, 0.3) is 0 Å². The molecule has 1 rings (SSSR count). The van der Waals surface area contributed by atoms with E-state index in [1.54, 1.807) is 0 Å². The van der Waals surface area contributed by atoms with Crippen molar-refractivity contribution in [3.05, 3.63) is 29.3 Å². The minimum absolute atomic E-state index is 0.658. The zero-order valence-electron chi connectivity index (χ0n) is 8.14. The molecule has 1 aromatic rings. The van der Waals surface area contributed by atoms with Gasteiger partial charge in [0.25, 0.3) is 0 Å².